The third kappa shape index (κ3) is 4.23. The average molecular weight is 322 g/mol. The minimum Gasteiger partial charge on any atom is -0.460 e. The third-order valence-electron chi connectivity index (χ3n) is 3.62. The highest BCUT2D eigenvalue weighted by Crippen LogP contribution is 2.21. The second kappa shape index (κ2) is 7.97. The Morgan fingerprint density at radius 1 is 1.08 bits per heavy atom. The molecule has 1 N–H and O–H groups in total. The number of anilines is 1. The molecule has 0 spiro atoms. The van der Waals surface area contributed by atoms with Crippen LogP contribution in [0.3, 0.4) is 0 Å². The normalized spacial score (nSPS) is 10.3. The van der Waals surface area contributed by atoms with Gasteiger partial charge >= 0.3 is 0 Å². The van der Waals surface area contributed by atoms with E-state index in [1.807, 2.05) is 30.3 Å². The Balaban J connectivity index is 1.55. The lowest BCUT2D eigenvalue weighted by Gasteiger charge is -2.07. The number of hydrogen-bond acceptors (Lipinski definition) is 5. The lowest BCUT2D eigenvalue weighted by molar-refractivity contribution is -0.130. The number of aromatic nitrogens is 1. The van der Waals surface area contributed by atoms with Gasteiger partial charge in [0.1, 0.15) is 5.69 Å². The van der Waals surface area contributed by atoms with Gasteiger partial charge in [0, 0.05) is 23.9 Å². The van der Waals surface area contributed by atoms with Gasteiger partial charge in [-0.15, -0.1) is 0 Å². The van der Waals surface area contributed by atoms with E-state index in [1.165, 1.54) is 5.56 Å². The number of benzene rings is 2. The molecule has 0 fully saturated rings. The largest absolute Gasteiger partial charge is 0.460 e. The van der Waals surface area contributed by atoms with E-state index >= 15 is 0 Å². The predicted octanol–water partition coefficient (Wildman–Crippen LogP) is 3.67. The molecule has 0 radical (unpaired) electrons. The summed E-state index contributed by atoms with van der Waals surface area (Å²) in [5.41, 5.74) is 4.04. The maximum atomic E-state index is 10.2. The van der Waals surface area contributed by atoms with Crippen molar-refractivity contribution in [2.24, 2.45) is 0 Å². The highest BCUT2D eigenvalue weighted by molar-refractivity contribution is 5.62. The fourth-order valence-corrected chi connectivity index (χ4v) is 2.39. The SMILES string of the molecule is O=COCc1cc(-c2ccc(NCCc3ccccc3)cc2)no1. The van der Waals surface area contributed by atoms with Gasteiger partial charge in [0.2, 0.25) is 0 Å². The molecule has 0 amide bonds. The van der Waals surface area contributed by atoms with Crippen molar-refractivity contribution in [2.45, 2.75) is 13.0 Å². The molecule has 0 aliphatic heterocycles. The van der Waals surface area contributed by atoms with Crippen molar-refractivity contribution in [2.75, 3.05) is 11.9 Å². The Bertz CT molecular complexity index is 767. The molecule has 2 aromatic carbocycles. The van der Waals surface area contributed by atoms with Crippen molar-refractivity contribution < 1.29 is 14.1 Å². The highest BCUT2D eigenvalue weighted by atomic mass is 16.5. The number of ether oxygens (including phenoxy) is 1. The summed E-state index contributed by atoms with van der Waals surface area (Å²) >= 11 is 0. The van der Waals surface area contributed by atoms with Gasteiger partial charge < -0.3 is 14.6 Å². The quantitative estimate of drug-likeness (QED) is 0.641. The Morgan fingerprint density at radius 2 is 1.88 bits per heavy atom. The van der Waals surface area contributed by atoms with Crippen LogP contribution < -0.4 is 5.32 Å². The van der Waals surface area contributed by atoms with Crippen LogP contribution in [0.4, 0.5) is 5.69 Å². The van der Waals surface area contributed by atoms with Crippen LogP contribution in [-0.2, 0) is 22.6 Å². The molecular formula is C19H18N2O3. The topological polar surface area (TPSA) is 64.4 Å². The molecule has 0 atom stereocenters. The van der Waals surface area contributed by atoms with Crippen LogP contribution in [0.1, 0.15) is 11.3 Å². The number of nitrogens with zero attached hydrogens (tertiary/aromatic N) is 1. The second-order valence-corrected chi connectivity index (χ2v) is 5.33. The van der Waals surface area contributed by atoms with Crippen molar-refractivity contribution >= 4 is 12.2 Å². The first-order valence-electron chi connectivity index (χ1n) is 7.74. The van der Waals surface area contributed by atoms with Crippen molar-refractivity contribution in [3.8, 4) is 11.3 Å². The highest BCUT2D eigenvalue weighted by Gasteiger charge is 2.06. The molecule has 5 heteroatoms. The zero-order chi connectivity index (χ0) is 16.6. The van der Waals surface area contributed by atoms with Crippen LogP contribution in [0.5, 0.6) is 0 Å². The van der Waals surface area contributed by atoms with Gasteiger partial charge in [-0.25, -0.2) is 0 Å². The first-order valence-corrected chi connectivity index (χ1v) is 7.74. The summed E-state index contributed by atoms with van der Waals surface area (Å²) in [6.07, 6.45) is 0.978. The fraction of sp³-hybridized carbons (Fsp3) is 0.158. The van der Waals surface area contributed by atoms with Crippen LogP contribution in [-0.4, -0.2) is 18.2 Å². The minimum absolute atomic E-state index is 0.0929. The summed E-state index contributed by atoms with van der Waals surface area (Å²) in [5, 5.41) is 7.38. The van der Waals surface area contributed by atoms with Crippen LogP contribution in [0.2, 0.25) is 0 Å². The maximum absolute atomic E-state index is 10.2. The number of carbonyl (C=O) groups excluding carboxylic acids is 1. The van der Waals surface area contributed by atoms with Crippen LogP contribution in [0.15, 0.2) is 65.2 Å². The average Bonchev–Trinajstić information content (AvgIpc) is 3.10. The van der Waals surface area contributed by atoms with E-state index in [0.717, 1.165) is 29.9 Å². The molecule has 0 unspecified atom stereocenters. The molecule has 0 saturated heterocycles. The maximum Gasteiger partial charge on any atom is 0.293 e. The minimum atomic E-state index is 0.0929. The summed E-state index contributed by atoms with van der Waals surface area (Å²) in [7, 11) is 0. The fourth-order valence-electron chi connectivity index (χ4n) is 2.39. The second-order valence-electron chi connectivity index (χ2n) is 5.33. The molecule has 0 aliphatic carbocycles. The van der Waals surface area contributed by atoms with Crippen LogP contribution >= 0.6 is 0 Å². The summed E-state index contributed by atoms with van der Waals surface area (Å²) in [6.45, 7) is 1.36. The smallest absolute Gasteiger partial charge is 0.293 e. The lowest BCUT2D eigenvalue weighted by atomic mass is 10.1. The van der Waals surface area contributed by atoms with E-state index in [1.54, 1.807) is 6.07 Å². The van der Waals surface area contributed by atoms with Gasteiger partial charge in [-0.3, -0.25) is 4.79 Å². The van der Waals surface area contributed by atoms with E-state index < -0.39 is 0 Å². The summed E-state index contributed by atoms with van der Waals surface area (Å²) < 4.78 is 9.76. The monoisotopic (exact) mass is 322 g/mol. The number of rotatable bonds is 8. The van der Waals surface area contributed by atoms with E-state index in [4.69, 9.17) is 4.52 Å². The molecule has 0 bridgehead atoms. The van der Waals surface area contributed by atoms with Gasteiger partial charge in [0.05, 0.1) is 0 Å². The first-order chi connectivity index (χ1) is 11.8. The van der Waals surface area contributed by atoms with Crippen molar-refractivity contribution in [3.05, 3.63) is 72.0 Å². The Labute approximate surface area is 140 Å². The molecule has 5 nitrogen and oxygen atoms in total. The molecule has 24 heavy (non-hydrogen) atoms. The molecule has 0 aliphatic rings. The number of carbonyl (C=O) groups is 1. The summed E-state index contributed by atoms with van der Waals surface area (Å²) in [5.74, 6) is 0.516. The van der Waals surface area contributed by atoms with Crippen LogP contribution in [0, 0.1) is 0 Å². The first kappa shape index (κ1) is 15.8. The third-order valence-corrected chi connectivity index (χ3v) is 3.62. The zero-order valence-corrected chi connectivity index (χ0v) is 13.1. The number of nitrogens with one attached hydrogen (secondary N) is 1. The zero-order valence-electron chi connectivity index (χ0n) is 13.1. The summed E-state index contributed by atoms with van der Waals surface area (Å²) in [4.78, 5) is 10.2. The van der Waals surface area contributed by atoms with E-state index in [9.17, 15) is 4.79 Å². The van der Waals surface area contributed by atoms with Gasteiger partial charge in [-0.1, -0.05) is 47.6 Å². The van der Waals surface area contributed by atoms with Crippen molar-refractivity contribution in [1.82, 2.24) is 5.16 Å². The molecular weight excluding hydrogens is 304 g/mol. The van der Waals surface area contributed by atoms with Gasteiger partial charge in [0.25, 0.3) is 6.47 Å². The van der Waals surface area contributed by atoms with Gasteiger partial charge in [0.15, 0.2) is 12.4 Å². The Hall–Kier alpha value is -3.08. The molecule has 122 valence electrons. The van der Waals surface area contributed by atoms with Crippen molar-refractivity contribution in [1.29, 1.82) is 0 Å². The Kier molecular flexibility index (Phi) is 5.24. The van der Waals surface area contributed by atoms with E-state index in [0.29, 0.717) is 12.2 Å². The summed E-state index contributed by atoms with van der Waals surface area (Å²) in [6, 6.07) is 20.1. The molecule has 1 aromatic heterocycles. The van der Waals surface area contributed by atoms with Gasteiger partial charge in [-0.05, 0) is 24.1 Å². The Morgan fingerprint density at radius 3 is 2.62 bits per heavy atom. The van der Waals surface area contributed by atoms with Gasteiger partial charge in [-0.2, -0.15) is 0 Å². The number of hydrogen-bond donors (Lipinski definition) is 1. The predicted molar refractivity (Wildman–Crippen MR) is 91.4 cm³/mol. The van der Waals surface area contributed by atoms with Crippen LogP contribution in [0.25, 0.3) is 11.3 Å². The van der Waals surface area contributed by atoms with E-state index in [-0.39, 0.29) is 6.61 Å². The molecule has 3 aromatic rings. The molecule has 3 rings (SSSR count). The lowest BCUT2D eigenvalue weighted by Crippen LogP contribution is -2.04. The molecule has 1 heterocycles. The van der Waals surface area contributed by atoms with Crippen molar-refractivity contribution in [3.63, 3.8) is 0 Å². The standard InChI is InChI=1S/C19H18N2O3/c22-14-23-13-18-12-19(21-24-18)16-6-8-17(9-7-16)20-11-10-15-4-2-1-3-5-15/h1-9,12,14,20H,10-11,13H2. The van der Waals surface area contributed by atoms with E-state index in [2.05, 4.69) is 39.5 Å². The molecule has 0 saturated carbocycles.